The number of nitrogens with zero attached hydrogens (tertiary/aromatic N) is 3. The van der Waals surface area contributed by atoms with Gasteiger partial charge in [0.05, 0.1) is 29.6 Å². The van der Waals surface area contributed by atoms with Gasteiger partial charge in [-0.05, 0) is 73.7 Å². The van der Waals surface area contributed by atoms with E-state index in [1.165, 1.54) is 0 Å². The zero-order chi connectivity index (χ0) is 29.0. The van der Waals surface area contributed by atoms with E-state index in [1.807, 2.05) is 11.5 Å². The molecule has 0 spiro atoms. The highest BCUT2D eigenvalue weighted by atomic mass is 19.4. The van der Waals surface area contributed by atoms with Gasteiger partial charge in [0.25, 0.3) is 5.91 Å². The van der Waals surface area contributed by atoms with Crippen LogP contribution < -0.4 is 16.0 Å². The molecule has 4 rings (SSSR count). The Hall–Kier alpha value is -4.87. The fourth-order valence-electron chi connectivity index (χ4n) is 4.29. The van der Waals surface area contributed by atoms with Crippen molar-refractivity contribution in [1.29, 1.82) is 5.41 Å². The Morgan fingerprint density at radius 3 is 2.27 bits per heavy atom. The third kappa shape index (κ3) is 6.22. The van der Waals surface area contributed by atoms with Crippen molar-refractivity contribution in [3.8, 4) is 0 Å². The summed E-state index contributed by atoms with van der Waals surface area (Å²) >= 11 is 0. The van der Waals surface area contributed by atoms with Gasteiger partial charge in [0.1, 0.15) is 11.7 Å². The maximum absolute atomic E-state index is 13.5. The summed E-state index contributed by atoms with van der Waals surface area (Å²) in [6.45, 7) is 2.73. The number of carboxylic acids is 1. The molecule has 0 fully saturated rings. The molecule has 12 heteroatoms. The number of aliphatic carboxylic acids is 1. The van der Waals surface area contributed by atoms with Gasteiger partial charge in [0.15, 0.2) is 0 Å². The lowest BCUT2D eigenvalue weighted by molar-refractivity contribution is -0.138. The van der Waals surface area contributed by atoms with E-state index in [4.69, 9.17) is 16.2 Å². The molecule has 0 aliphatic rings. The fourth-order valence-corrected chi connectivity index (χ4v) is 4.29. The molecule has 5 N–H and O–H groups in total. The molecular weight excluding hydrogens is 525 g/mol. The van der Waals surface area contributed by atoms with Gasteiger partial charge in [-0.1, -0.05) is 0 Å². The van der Waals surface area contributed by atoms with E-state index in [2.05, 4.69) is 10.3 Å². The van der Waals surface area contributed by atoms with E-state index >= 15 is 0 Å². The Balaban J connectivity index is 1.60. The number of aromatic nitrogens is 2. The number of carbonyl (C=O) groups excluding carboxylic acids is 1. The molecule has 40 heavy (non-hydrogen) atoms. The van der Waals surface area contributed by atoms with Gasteiger partial charge in [0.2, 0.25) is 0 Å². The van der Waals surface area contributed by atoms with Crippen molar-refractivity contribution in [3.63, 3.8) is 0 Å². The lowest BCUT2D eigenvalue weighted by Gasteiger charge is -2.23. The van der Waals surface area contributed by atoms with Crippen LogP contribution in [0.2, 0.25) is 0 Å². The molecule has 0 radical (unpaired) electrons. The van der Waals surface area contributed by atoms with Crippen molar-refractivity contribution in [2.45, 2.75) is 32.6 Å². The summed E-state index contributed by atoms with van der Waals surface area (Å²) in [7, 11) is 0. The molecule has 4 aromatic rings. The number of nitrogen functional groups attached to an aromatic ring is 1. The molecule has 0 atom stereocenters. The second-order valence-electron chi connectivity index (χ2n) is 8.97. The minimum atomic E-state index is -4.54. The van der Waals surface area contributed by atoms with Crippen molar-refractivity contribution in [3.05, 3.63) is 89.2 Å². The molecule has 1 heterocycles. The summed E-state index contributed by atoms with van der Waals surface area (Å²) in [6, 6.07) is 16.0. The number of amides is 1. The van der Waals surface area contributed by atoms with Crippen LogP contribution in [0.25, 0.3) is 11.0 Å². The number of hydrogen-bond donors (Lipinski definition) is 4. The van der Waals surface area contributed by atoms with Gasteiger partial charge in [-0.25, -0.2) is 4.98 Å². The maximum Gasteiger partial charge on any atom is 0.416 e. The van der Waals surface area contributed by atoms with Gasteiger partial charge >= 0.3 is 12.1 Å². The van der Waals surface area contributed by atoms with Gasteiger partial charge in [-0.15, -0.1) is 0 Å². The Morgan fingerprint density at radius 1 is 1.05 bits per heavy atom. The number of halogens is 3. The molecule has 1 amide bonds. The van der Waals surface area contributed by atoms with Crippen LogP contribution in [0.15, 0.2) is 66.7 Å². The highest BCUT2D eigenvalue weighted by Crippen LogP contribution is 2.31. The van der Waals surface area contributed by atoms with Gasteiger partial charge in [-0.3, -0.25) is 15.0 Å². The van der Waals surface area contributed by atoms with E-state index in [9.17, 15) is 22.8 Å². The van der Waals surface area contributed by atoms with Crippen LogP contribution in [0.3, 0.4) is 0 Å². The summed E-state index contributed by atoms with van der Waals surface area (Å²) in [4.78, 5) is 30.5. The normalized spacial score (nSPS) is 11.4. The Morgan fingerprint density at radius 2 is 1.70 bits per heavy atom. The first kappa shape index (κ1) is 28.1. The number of carbonyl (C=O) groups is 2. The average molecular weight is 553 g/mol. The van der Waals surface area contributed by atoms with E-state index < -0.39 is 23.6 Å². The molecule has 0 saturated carbocycles. The average Bonchev–Trinajstić information content (AvgIpc) is 3.28. The zero-order valence-electron chi connectivity index (χ0n) is 21.5. The summed E-state index contributed by atoms with van der Waals surface area (Å²) in [5, 5.41) is 19.9. The molecule has 0 aliphatic heterocycles. The summed E-state index contributed by atoms with van der Waals surface area (Å²) in [6.07, 6.45) is -4.93. The quantitative estimate of drug-likeness (QED) is 0.160. The highest BCUT2D eigenvalue weighted by Gasteiger charge is 2.30. The van der Waals surface area contributed by atoms with E-state index in [0.29, 0.717) is 30.0 Å². The number of hydrogen-bond acceptors (Lipinski definition) is 5. The Kier molecular flexibility index (Phi) is 8.08. The number of rotatable bonds is 10. The van der Waals surface area contributed by atoms with Gasteiger partial charge in [0, 0.05) is 35.6 Å². The topological polar surface area (TPSA) is 137 Å². The minimum Gasteiger partial charge on any atom is -0.481 e. The summed E-state index contributed by atoms with van der Waals surface area (Å²) in [5.41, 5.74) is 7.75. The van der Waals surface area contributed by atoms with Crippen molar-refractivity contribution in [2.24, 2.45) is 5.73 Å². The third-order valence-corrected chi connectivity index (χ3v) is 6.34. The fraction of sp³-hybridized carbons (Fsp3) is 0.214. The number of anilines is 2. The molecule has 208 valence electrons. The summed E-state index contributed by atoms with van der Waals surface area (Å²) < 4.78 is 41.1. The number of aryl methyl sites for hydroxylation is 1. The molecule has 0 bridgehead atoms. The zero-order valence-corrected chi connectivity index (χ0v) is 21.5. The molecule has 1 aromatic heterocycles. The largest absolute Gasteiger partial charge is 0.481 e. The minimum absolute atomic E-state index is 0.0236. The van der Waals surface area contributed by atoms with Crippen molar-refractivity contribution in [1.82, 2.24) is 9.55 Å². The second-order valence-corrected chi connectivity index (χ2v) is 8.97. The van der Waals surface area contributed by atoms with E-state index in [0.717, 1.165) is 40.4 Å². The Bertz CT molecular complexity index is 1550. The first-order valence-corrected chi connectivity index (χ1v) is 12.4. The van der Waals surface area contributed by atoms with E-state index in [1.54, 1.807) is 42.5 Å². The second kappa shape index (κ2) is 11.5. The smallest absolute Gasteiger partial charge is 0.416 e. The molecule has 0 saturated heterocycles. The number of imidazole rings is 1. The first-order valence-electron chi connectivity index (χ1n) is 12.4. The molecular formula is C28H27F3N6O3. The standard InChI is InChI=1S/C28H27F3N6O3/c1-2-36-23-12-5-18(15-22(23)35-24(36)16-34-20-8-3-17(4-9-20)26(32)33)27(40)37(14-13-25(38)39)21-10-6-19(7-11-21)28(29,30)31/h3-12,15,34H,2,13-14,16H2,1H3,(H3,32,33)(H,38,39). The van der Waals surface area contributed by atoms with Crippen LogP contribution in [0.1, 0.15) is 40.7 Å². The lowest BCUT2D eigenvalue weighted by atomic mass is 10.1. The number of nitrogens with one attached hydrogen (secondary N) is 2. The van der Waals surface area contributed by atoms with Crippen LogP contribution >= 0.6 is 0 Å². The number of benzene rings is 3. The highest BCUT2D eigenvalue weighted by molar-refractivity contribution is 6.07. The molecule has 3 aromatic carbocycles. The van der Waals surface area contributed by atoms with Gasteiger partial charge in [-0.2, -0.15) is 13.2 Å². The van der Waals surface area contributed by atoms with Gasteiger partial charge < -0.3 is 25.6 Å². The van der Waals surface area contributed by atoms with Crippen molar-refractivity contribution in [2.75, 3.05) is 16.8 Å². The monoisotopic (exact) mass is 552 g/mol. The van der Waals surface area contributed by atoms with Crippen LogP contribution in [0, 0.1) is 5.41 Å². The molecule has 0 aliphatic carbocycles. The lowest BCUT2D eigenvalue weighted by Crippen LogP contribution is -2.33. The molecule has 9 nitrogen and oxygen atoms in total. The van der Waals surface area contributed by atoms with Crippen molar-refractivity contribution >= 4 is 40.1 Å². The number of fused-ring (bicyclic) bond motifs is 1. The summed E-state index contributed by atoms with van der Waals surface area (Å²) in [5.74, 6) is -1.01. The maximum atomic E-state index is 13.5. The number of alkyl halides is 3. The van der Waals surface area contributed by atoms with Crippen LogP contribution in [-0.2, 0) is 24.1 Å². The van der Waals surface area contributed by atoms with E-state index in [-0.39, 0.29) is 30.1 Å². The number of carboxylic acid groups (broad SMARTS) is 1. The predicted molar refractivity (Wildman–Crippen MR) is 146 cm³/mol. The number of nitrogens with two attached hydrogens (primary N) is 1. The van der Waals surface area contributed by atoms with Crippen LogP contribution in [0.5, 0.6) is 0 Å². The third-order valence-electron chi connectivity index (χ3n) is 6.34. The SMILES string of the molecule is CCn1c(CNc2ccc(C(=N)N)cc2)nc2cc(C(=O)N(CCC(=O)O)c3ccc(C(F)(F)F)cc3)ccc21. The van der Waals surface area contributed by atoms with Crippen LogP contribution in [-0.4, -0.2) is 38.9 Å². The first-order chi connectivity index (χ1) is 19.0. The van der Waals surface area contributed by atoms with Crippen LogP contribution in [0.4, 0.5) is 24.5 Å². The Labute approximate surface area is 227 Å². The number of amidine groups is 1. The predicted octanol–water partition coefficient (Wildman–Crippen LogP) is 5.09. The van der Waals surface area contributed by atoms with Crippen molar-refractivity contribution < 1.29 is 27.9 Å². The molecule has 0 unspecified atom stereocenters.